The third-order valence-corrected chi connectivity index (χ3v) is 6.83. The summed E-state index contributed by atoms with van der Waals surface area (Å²) in [6, 6.07) is 13.0. The molecular weight excluding hydrogens is 440 g/mol. The Labute approximate surface area is 201 Å². The fraction of sp³-hybridized carbons (Fsp3) is 0.500. The molecule has 2 fully saturated rings. The molecule has 0 spiro atoms. The molecule has 2 aliphatic heterocycles. The number of amides is 1. The van der Waals surface area contributed by atoms with Gasteiger partial charge < -0.3 is 19.1 Å². The molecule has 178 valence electrons. The van der Waals surface area contributed by atoms with E-state index in [4.69, 9.17) is 25.8 Å². The third kappa shape index (κ3) is 6.62. The van der Waals surface area contributed by atoms with Gasteiger partial charge in [-0.05, 0) is 67.6 Å². The van der Waals surface area contributed by atoms with Gasteiger partial charge in [-0.1, -0.05) is 23.7 Å². The largest absolute Gasteiger partial charge is 0.493 e. The van der Waals surface area contributed by atoms with Crippen LogP contribution in [0.3, 0.4) is 0 Å². The summed E-state index contributed by atoms with van der Waals surface area (Å²) >= 11 is 5.94. The van der Waals surface area contributed by atoms with Crippen molar-refractivity contribution < 1.29 is 19.0 Å². The number of hydrogen-bond donors (Lipinski definition) is 0. The Morgan fingerprint density at radius 2 is 1.76 bits per heavy atom. The lowest BCUT2D eigenvalue weighted by molar-refractivity contribution is 0.0332. The molecule has 6 nitrogen and oxygen atoms in total. The van der Waals surface area contributed by atoms with Crippen molar-refractivity contribution in [3.05, 3.63) is 58.6 Å². The third-order valence-electron chi connectivity index (χ3n) is 6.58. The number of carbonyl (C=O) groups is 1. The maximum atomic E-state index is 13.1. The number of ether oxygens (including phenoxy) is 3. The number of methoxy groups -OCH3 is 1. The van der Waals surface area contributed by atoms with Crippen LogP contribution >= 0.6 is 11.6 Å². The maximum absolute atomic E-state index is 13.1. The van der Waals surface area contributed by atoms with Gasteiger partial charge in [0.1, 0.15) is 6.61 Å². The van der Waals surface area contributed by atoms with E-state index < -0.39 is 0 Å². The van der Waals surface area contributed by atoms with Crippen LogP contribution in [0.2, 0.25) is 5.02 Å². The average molecular weight is 473 g/mol. The topological polar surface area (TPSA) is 51.2 Å². The minimum absolute atomic E-state index is 0.0594. The normalized spacial score (nSPS) is 17.7. The van der Waals surface area contributed by atoms with Crippen molar-refractivity contribution >= 4 is 17.5 Å². The molecule has 2 aromatic carbocycles. The van der Waals surface area contributed by atoms with Crippen LogP contribution in [-0.2, 0) is 11.3 Å². The van der Waals surface area contributed by atoms with E-state index in [1.54, 1.807) is 13.2 Å². The number of morpholine rings is 1. The monoisotopic (exact) mass is 472 g/mol. The number of piperidine rings is 1. The van der Waals surface area contributed by atoms with E-state index in [-0.39, 0.29) is 5.91 Å². The Kier molecular flexibility index (Phi) is 8.48. The van der Waals surface area contributed by atoms with Crippen LogP contribution in [0.15, 0.2) is 42.5 Å². The lowest BCUT2D eigenvalue weighted by Gasteiger charge is -2.34. The quantitative estimate of drug-likeness (QED) is 0.566. The van der Waals surface area contributed by atoms with Gasteiger partial charge in [0.15, 0.2) is 11.5 Å². The first kappa shape index (κ1) is 23.9. The number of nitrogens with zero attached hydrogens (tertiary/aromatic N) is 2. The second kappa shape index (κ2) is 11.7. The van der Waals surface area contributed by atoms with Crippen molar-refractivity contribution in [2.45, 2.75) is 25.9 Å². The van der Waals surface area contributed by atoms with Crippen LogP contribution < -0.4 is 9.47 Å². The maximum Gasteiger partial charge on any atom is 0.253 e. The summed E-state index contributed by atoms with van der Waals surface area (Å²) in [5, 5.41) is 0.695. The number of benzene rings is 2. The van der Waals surface area contributed by atoms with Crippen LogP contribution in [0.25, 0.3) is 0 Å². The van der Waals surface area contributed by atoms with Crippen LogP contribution in [0.1, 0.15) is 35.2 Å². The van der Waals surface area contributed by atoms with Crippen molar-refractivity contribution in [3.63, 3.8) is 0 Å². The molecule has 2 saturated heterocycles. The van der Waals surface area contributed by atoms with Crippen molar-refractivity contribution in [2.24, 2.45) is 5.92 Å². The summed E-state index contributed by atoms with van der Waals surface area (Å²) in [7, 11) is 1.60. The summed E-state index contributed by atoms with van der Waals surface area (Å²) in [6.07, 6.45) is 3.33. The first-order valence-electron chi connectivity index (χ1n) is 11.8. The molecule has 2 aromatic rings. The molecule has 0 saturated carbocycles. The van der Waals surface area contributed by atoms with Crippen molar-refractivity contribution in [2.75, 3.05) is 53.0 Å². The number of carbonyl (C=O) groups excluding carboxylic acids is 1. The summed E-state index contributed by atoms with van der Waals surface area (Å²) < 4.78 is 16.9. The summed E-state index contributed by atoms with van der Waals surface area (Å²) in [4.78, 5) is 17.6. The van der Waals surface area contributed by atoms with Gasteiger partial charge in [0, 0.05) is 36.8 Å². The molecule has 0 bridgehead atoms. The Morgan fingerprint density at radius 1 is 1.03 bits per heavy atom. The Hall–Kier alpha value is -2.28. The molecule has 7 heteroatoms. The van der Waals surface area contributed by atoms with Gasteiger partial charge in [0.2, 0.25) is 0 Å². The second-order valence-electron chi connectivity index (χ2n) is 8.76. The molecule has 0 N–H and O–H groups in total. The summed E-state index contributed by atoms with van der Waals surface area (Å²) in [6.45, 7) is 6.93. The van der Waals surface area contributed by atoms with Gasteiger partial charge >= 0.3 is 0 Å². The molecule has 4 rings (SSSR count). The molecule has 0 radical (unpaired) electrons. The highest BCUT2D eigenvalue weighted by atomic mass is 35.5. The van der Waals surface area contributed by atoms with Crippen LogP contribution in [0, 0.1) is 5.92 Å². The molecule has 2 heterocycles. The molecular formula is C26H33ClN2O4. The minimum atomic E-state index is 0.0594. The fourth-order valence-electron chi connectivity index (χ4n) is 4.46. The van der Waals surface area contributed by atoms with Gasteiger partial charge in [0.05, 0.1) is 20.3 Å². The van der Waals surface area contributed by atoms with E-state index in [1.165, 1.54) is 6.42 Å². The molecule has 0 unspecified atom stereocenters. The lowest BCUT2D eigenvalue weighted by Crippen LogP contribution is -2.40. The van der Waals surface area contributed by atoms with E-state index in [2.05, 4.69) is 4.90 Å². The molecule has 2 aliphatic rings. The van der Waals surface area contributed by atoms with Crippen LogP contribution in [-0.4, -0.2) is 68.8 Å². The highest BCUT2D eigenvalue weighted by molar-refractivity contribution is 6.30. The van der Waals surface area contributed by atoms with E-state index in [0.717, 1.165) is 64.3 Å². The standard InChI is InChI=1S/C26H33ClN2O4/c1-31-25-18-22(4-7-24(25)33-19-21-2-5-23(27)6-3-21)26(30)29-12-9-20(10-13-29)8-11-28-14-16-32-17-15-28/h2-7,18,20H,8-17,19H2,1H3. The van der Waals surface area contributed by atoms with E-state index in [9.17, 15) is 4.79 Å². The minimum Gasteiger partial charge on any atom is -0.493 e. The Bertz CT molecular complexity index is 907. The Balaban J connectivity index is 1.28. The van der Waals surface area contributed by atoms with Gasteiger partial charge in [-0.3, -0.25) is 9.69 Å². The van der Waals surface area contributed by atoms with Crippen molar-refractivity contribution in [1.29, 1.82) is 0 Å². The molecule has 33 heavy (non-hydrogen) atoms. The summed E-state index contributed by atoms with van der Waals surface area (Å²) in [5.74, 6) is 1.93. The highest BCUT2D eigenvalue weighted by Crippen LogP contribution is 2.30. The predicted molar refractivity (Wildman–Crippen MR) is 129 cm³/mol. The molecule has 1 amide bonds. The molecule has 0 aromatic heterocycles. The van der Waals surface area contributed by atoms with E-state index in [1.807, 2.05) is 41.3 Å². The first-order chi connectivity index (χ1) is 16.1. The van der Waals surface area contributed by atoms with Crippen LogP contribution in [0.5, 0.6) is 11.5 Å². The zero-order valence-corrected chi connectivity index (χ0v) is 20.1. The molecule has 0 atom stereocenters. The molecule has 0 aliphatic carbocycles. The van der Waals surface area contributed by atoms with Gasteiger partial charge in [-0.15, -0.1) is 0 Å². The first-order valence-corrected chi connectivity index (χ1v) is 12.1. The van der Waals surface area contributed by atoms with E-state index in [0.29, 0.717) is 34.6 Å². The highest BCUT2D eigenvalue weighted by Gasteiger charge is 2.25. The summed E-state index contributed by atoms with van der Waals surface area (Å²) in [5.41, 5.74) is 1.65. The van der Waals surface area contributed by atoms with E-state index >= 15 is 0 Å². The zero-order chi connectivity index (χ0) is 23.0. The van der Waals surface area contributed by atoms with Gasteiger partial charge in [-0.25, -0.2) is 0 Å². The lowest BCUT2D eigenvalue weighted by atomic mass is 9.93. The number of rotatable bonds is 8. The average Bonchev–Trinajstić information content (AvgIpc) is 2.87. The number of likely N-dealkylation sites (tertiary alicyclic amines) is 1. The fourth-order valence-corrected chi connectivity index (χ4v) is 4.58. The predicted octanol–water partition coefficient (Wildman–Crippen LogP) is 4.50. The van der Waals surface area contributed by atoms with Crippen molar-refractivity contribution in [1.82, 2.24) is 9.80 Å². The Morgan fingerprint density at radius 3 is 2.45 bits per heavy atom. The second-order valence-corrected chi connectivity index (χ2v) is 9.20. The SMILES string of the molecule is COc1cc(C(=O)N2CCC(CCN3CCOCC3)CC2)ccc1OCc1ccc(Cl)cc1. The number of hydrogen-bond acceptors (Lipinski definition) is 5. The smallest absolute Gasteiger partial charge is 0.253 e. The zero-order valence-electron chi connectivity index (χ0n) is 19.3. The van der Waals surface area contributed by atoms with Gasteiger partial charge in [0.25, 0.3) is 5.91 Å². The van der Waals surface area contributed by atoms with Gasteiger partial charge in [-0.2, -0.15) is 0 Å². The van der Waals surface area contributed by atoms with Crippen molar-refractivity contribution in [3.8, 4) is 11.5 Å². The number of halogens is 1. The van der Waals surface area contributed by atoms with Crippen LogP contribution in [0.4, 0.5) is 0 Å².